The number of hydrogen-bond donors (Lipinski definition) is 3. The fourth-order valence-electron chi connectivity index (χ4n) is 2.49. The minimum absolute atomic E-state index is 0.230. The maximum atomic E-state index is 9.96. The van der Waals surface area contributed by atoms with Gasteiger partial charge in [-0.15, -0.1) is 0 Å². The highest BCUT2D eigenvalue weighted by Gasteiger charge is 2.36. The maximum Gasteiger partial charge on any atom is 0.191 e. The molecule has 10 heteroatoms. The van der Waals surface area contributed by atoms with Crippen molar-refractivity contribution in [1.82, 2.24) is 19.5 Å². The van der Waals surface area contributed by atoms with Crippen LogP contribution < -0.4 is 5.73 Å². The summed E-state index contributed by atoms with van der Waals surface area (Å²) >= 11 is 2.83. The van der Waals surface area contributed by atoms with Crippen molar-refractivity contribution in [3.8, 4) is 0 Å². The summed E-state index contributed by atoms with van der Waals surface area (Å²) in [7, 11) is 0. The SMILES string of the molecule is CSc1nc(N)c2nc(SC)n([C@@H]3C[C@@H](O)[C@H](CO)O3)c2n1. The Labute approximate surface area is 135 Å². The van der Waals surface area contributed by atoms with Gasteiger partial charge in [-0.3, -0.25) is 4.57 Å². The van der Waals surface area contributed by atoms with Gasteiger partial charge in [-0.05, 0) is 12.5 Å². The number of hydrogen-bond acceptors (Lipinski definition) is 9. The van der Waals surface area contributed by atoms with Gasteiger partial charge in [-0.25, -0.2) is 15.0 Å². The van der Waals surface area contributed by atoms with Crippen LogP contribution in [0, 0.1) is 0 Å². The molecule has 8 nitrogen and oxygen atoms in total. The van der Waals surface area contributed by atoms with Gasteiger partial charge in [0.15, 0.2) is 27.3 Å². The van der Waals surface area contributed by atoms with Crippen molar-refractivity contribution in [1.29, 1.82) is 0 Å². The molecule has 2 aromatic rings. The van der Waals surface area contributed by atoms with Crippen LogP contribution in [0.15, 0.2) is 10.3 Å². The molecule has 2 aromatic heterocycles. The molecule has 0 aromatic carbocycles. The number of fused-ring (bicyclic) bond motifs is 1. The van der Waals surface area contributed by atoms with E-state index in [1.54, 1.807) is 0 Å². The zero-order valence-corrected chi connectivity index (χ0v) is 13.8. The summed E-state index contributed by atoms with van der Waals surface area (Å²) < 4.78 is 7.55. The maximum absolute atomic E-state index is 9.96. The molecule has 0 spiro atoms. The smallest absolute Gasteiger partial charge is 0.191 e. The van der Waals surface area contributed by atoms with Gasteiger partial charge in [-0.1, -0.05) is 23.5 Å². The molecule has 22 heavy (non-hydrogen) atoms. The molecule has 3 rings (SSSR count). The van der Waals surface area contributed by atoms with Crippen molar-refractivity contribution < 1.29 is 14.9 Å². The Morgan fingerprint density at radius 2 is 2.09 bits per heavy atom. The fraction of sp³-hybridized carbons (Fsp3) is 0.583. The number of nitrogens with two attached hydrogens (primary N) is 1. The molecule has 120 valence electrons. The van der Waals surface area contributed by atoms with Gasteiger partial charge in [0.05, 0.1) is 12.7 Å². The molecule has 0 bridgehead atoms. The van der Waals surface area contributed by atoms with Crippen molar-refractivity contribution >= 4 is 40.5 Å². The highest BCUT2D eigenvalue weighted by Crippen LogP contribution is 2.35. The van der Waals surface area contributed by atoms with Crippen LogP contribution in [-0.4, -0.2) is 61.1 Å². The predicted molar refractivity (Wildman–Crippen MR) is 84.9 cm³/mol. The Hall–Kier alpha value is -1.07. The first kappa shape index (κ1) is 15.8. The first-order valence-electron chi connectivity index (χ1n) is 6.66. The lowest BCUT2D eigenvalue weighted by atomic mass is 10.2. The van der Waals surface area contributed by atoms with Crippen molar-refractivity contribution in [2.45, 2.75) is 35.2 Å². The molecule has 0 unspecified atom stereocenters. The standard InChI is InChI=1S/C12H17N5O3S2/c1-21-11-15-9(13)8-10(16-11)17(12(14-8)22-2)7-3-5(19)6(4-18)20-7/h5-7,18-19H,3-4H2,1-2H3,(H2,13,15,16)/t5-,6+,7+/m1/s1. The quantitative estimate of drug-likeness (QED) is 0.538. The van der Waals surface area contributed by atoms with E-state index in [0.717, 1.165) is 0 Å². The molecular formula is C12H17N5O3S2. The van der Waals surface area contributed by atoms with Gasteiger partial charge in [0.25, 0.3) is 0 Å². The molecule has 3 heterocycles. The van der Waals surface area contributed by atoms with Crippen LogP contribution in [-0.2, 0) is 4.74 Å². The number of nitrogens with zero attached hydrogens (tertiary/aromatic N) is 4. The van der Waals surface area contributed by atoms with E-state index in [1.165, 1.54) is 23.5 Å². The minimum atomic E-state index is -0.721. The Balaban J connectivity index is 2.13. The molecular weight excluding hydrogens is 326 g/mol. The number of anilines is 1. The predicted octanol–water partition coefficient (Wildman–Crippen LogP) is 0.493. The zero-order chi connectivity index (χ0) is 15.9. The van der Waals surface area contributed by atoms with E-state index in [2.05, 4.69) is 15.0 Å². The van der Waals surface area contributed by atoms with E-state index in [9.17, 15) is 10.2 Å². The molecule has 0 aliphatic carbocycles. The third-order valence-corrected chi connectivity index (χ3v) is 4.75. The molecule has 0 saturated carbocycles. The second-order valence-corrected chi connectivity index (χ2v) is 6.40. The molecule has 1 aliphatic heterocycles. The Kier molecular flexibility index (Phi) is 4.46. The number of nitrogen functional groups attached to an aromatic ring is 1. The Morgan fingerprint density at radius 3 is 2.68 bits per heavy atom. The Morgan fingerprint density at radius 1 is 1.32 bits per heavy atom. The highest BCUT2D eigenvalue weighted by atomic mass is 32.2. The topological polar surface area (TPSA) is 119 Å². The first-order valence-corrected chi connectivity index (χ1v) is 9.11. The van der Waals surface area contributed by atoms with Crippen LogP contribution in [0.2, 0.25) is 0 Å². The molecule has 1 aliphatic rings. The van der Waals surface area contributed by atoms with Gasteiger partial charge in [0, 0.05) is 6.42 Å². The summed E-state index contributed by atoms with van der Waals surface area (Å²) in [6, 6.07) is 0. The Bertz CT molecular complexity index is 695. The van der Waals surface area contributed by atoms with E-state index in [0.29, 0.717) is 33.7 Å². The molecule has 4 N–H and O–H groups in total. The summed E-state index contributed by atoms with van der Waals surface area (Å²) in [5.74, 6) is 0.320. The average Bonchev–Trinajstić information content (AvgIpc) is 3.06. The zero-order valence-electron chi connectivity index (χ0n) is 12.1. The number of ether oxygens (including phenoxy) is 1. The van der Waals surface area contributed by atoms with Crippen LogP contribution in [0.3, 0.4) is 0 Å². The van der Waals surface area contributed by atoms with Crippen LogP contribution in [0.4, 0.5) is 5.82 Å². The van der Waals surface area contributed by atoms with Gasteiger partial charge in [0.1, 0.15) is 12.3 Å². The van der Waals surface area contributed by atoms with E-state index in [-0.39, 0.29) is 6.61 Å². The monoisotopic (exact) mass is 343 g/mol. The molecule has 1 saturated heterocycles. The molecule has 3 atom stereocenters. The minimum Gasteiger partial charge on any atom is -0.394 e. The lowest BCUT2D eigenvalue weighted by Crippen LogP contribution is -2.24. The second kappa shape index (κ2) is 6.20. The summed E-state index contributed by atoms with van der Waals surface area (Å²) in [5, 5.41) is 20.5. The number of imidazole rings is 1. The summed E-state index contributed by atoms with van der Waals surface area (Å²) in [4.78, 5) is 13.1. The van der Waals surface area contributed by atoms with Crippen molar-refractivity contribution in [3.63, 3.8) is 0 Å². The van der Waals surface area contributed by atoms with Gasteiger partial charge >= 0.3 is 0 Å². The van der Waals surface area contributed by atoms with Crippen LogP contribution in [0.5, 0.6) is 0 Å². The van der Waals surface area contributed by atoms with Crippen LogP contribution in [0.1, 0.15) is 12.6 Å². The van der Waals surface area contributed by atoms with E-state index in [4.69, 9.17) is 10.5 Å². The van der Waals surface area contributed by atoms with Crippen LogP contribution in [0.25, 0.3) is 11.2 Å². The van der Waals surface area contributed by atoms with E-state index in [1.807, 2.05) is 17.1 Å². The lowest BCUT2D eigenvalue weighted by molar-refractivity contribution is -0.0458. The van der Waals surface area contributed by atoms with Crippen molar-refractivity contribution in [3.05, 3.63) is 0 Å². The molecule has 0 amide bonds. The number of aliphatic hydroxyl groups excluding tert-OH is 2. The first-order chi connectivity index (χ1) is 10.6. The normalized spacial score (nSPS) is 25.2. The van der Waals surface area contributed by atoms with Gasteiger partial charge < -0.3 is 20.7 Å². The number of aromatic nitrogens is 4. The highest BCUT2D eigenvalue weighted by molar-refractivity contribution is 7.98. The third kappa shape index (κ3) is 2.54. The third-order valence-electron chi connectivity index (χ3n) is 3.55. The average molecular weight is 343 g/mol. The lowest BCUT2D eigenvalue weighted by Gasteiger charge is -2.16. The van der Waals surface area contributed by atoms with E-state index >= 15 is 0 Å². The van der Waals surface area contributed by atoms with Crippen molar-refractivity contribution in [2.75, 3.05) is 24.9 Å². The second-order valence-electron chi connectivity index (χ2n) is 4.85. The van der Waals surface area contributed by atoms with Crippen LogP contribution >= 0.6 is 23.5 Å². The summed E-state index contributed by atoms with van der Waals surface area (Å²) in [5.41, 5.74) is 7.07. The van der Waals surface area contributed by atoms with Crippen molar-refractivity contribution in [2.24, 2.45) is 0 Å². The molecule has 0 radical (unpaired) electrons. The van der Waals surface area contributed by atoms with Gasteiger partial charge in [-0.2, -0.15) is 0 Å². The molecule has 1 fully saturated rings. The number of rotatable bonds is 4. The van der Waals surface area contributed by atoms with E-state index < -0.39 is 18.4 Å². The summed E-state index contributed by atoms with van der Waals surface area (Å²) in [6.07, 6.45) is 2.37. The largest absolute Gasteiger partial charge is 0.394 e. The number of aliphatic hydroxyl groups is 2. The fourth-order valence-corrected chi connectivity index (χ4v) is 3.44. The van der Waals surface area contributed by atoms with Gasteiger partial charge in [0.2, 0.25) is 0 Å². The summed E-state index contributed by atoms with van der Waals surface area (Å²) in [6.45, 7) is -0.230. The number of thioether (sulfide) groups is 2.